The van der Waals surface area contributed by atoms with Gasteiger partial charge in [0.05, 0.1) is 22.4 Å². The van der Waals surface area contributed by atoms with Crippen LogP contribution in [0.4, 0.5) is 0 Å². The number of aliphatic hydroxyl groups excluding tert-OH is 1. The van der Waals surface area contributed by atoms with E-state index in [9.17, 15) is 15.0 Å². The van der Waals surface area contributed by atoms with E-state index in [0.29, 0.717) is 22.6 Å². The lowest BCUT2D eigenvalue weighted by Gasteiger charge is -2.07. The molecule has 2 aromatic carbocycles. The number of hydrogen-bond donors (Lipinski definition) is 3. The zero-order valence-electron chi connectivity index (χ0n) is 15.6. The second-order valence-electron chi connectivity index (χ2n) is 6.13. The minimum atomic E-state index is -1.03. The molecule has 7 nitrogen and oxygen atoms in total. The fourth-order valence-corrected chi connectivity index (χ4v) is 2.71. The van der Waals surface area contributed by atoms with Crippen LogP contribution in [0.5, 0.6) is 5.75 Å². The largest absolute Gasteiger partial charge is 0.512 e. The number of aliphatic hydroxyl groups is 1. The van der Waals surface area contributed by atoms with E-state index < -0.39 is 5.97 Å². The third-order valence-corrected chi connectivity index (χ3v) is 4.14. The molecular formula is C22H19N3O4. The molecule has 0 bridgehead atoms. The second-order valence-corrected chi connectivity index (χ2v) is 6.13. The van der Waals surface area contributed by atoms with Gasteiger partial charge in [0.2, 0.25) is 0 Å². The molecule has 1 heterocycles. The third-order valence-electron chi connectivity index (χ3n) is 4.14. The summed E-state index contributed by atoms with van der Waals surface area (Å²) >= 11 is 0. The van der Waals surface area contributed by atoms with Crippen LogP contribution in [0.2, 0.25) is 0 Å². The van der Waals surface area contributed by atoms with Crippen LogP contribution >= 0.6 is 0 Å². The number of rotatable bonds is 6. The van der Waals surface area contributed by atoms with E-state index in [-0.39, 0.29) is 22.9 Å². The smallest absolute Gasteiger partial charge is 0.335 e. The summed E-state index contributed by atoms with van der Waals surface area (Å²) in [5, 5.41) is 34.0. The number of hydrogen-bond acceptors (Lipinski definition) is 5. The van der Waals surface area contributed by atoms with Crippen molar-refractivity contribution in [1.29, 1.82) is 0 Å². The molecule has 0 radical (unpaired) electrons. The minimum absolute atomic E-state index is 0.0164. The lowest BCUT2D eigenvalue weighted by molar-refractivity contribution is 0.0697. The van der Waals surface area contributed by atoms with Gasteiger partial charge in [0.25, 0.3) is 0 Å². The van der Waals surface area contributed by atoms with E-state index in [1.54, 1.807) is 48.6 Å². The Morgan fingerprint density at radius 3 is 2.38 bits per heavy atom. The number of allylic oxidation sites excluding steroid dienone is 5. The molecule has 0 atom stereocenters. The fraction of sp³-hybridized carbons (Fsp3) is 0.0455. The first-order valence-electron chi connectivity index (χ1n) is 8.71. The third kappa shape index (κ3) is 4.08. The lowest BCUT2D eigenvalue weighted by atomic mass is 10.1. The fourth-order valence-electron chi connectivity index (χ4n) is 2.71. The normalized spacial score (nSPS) is 12.0. The highest BCUT2D eigenvalue weighted by molar-refractivity contribution is 5.87. The number of aromatic carboxylic acids is 1. The molecule has 0 aliphatic rings. The highest BCUT2D eigenvalue weighted by Crippen LogP contribution is 2.31. The summed E-state index contributed by atoms with van der Waals surface area (Å²) in [6, 6.07) is 12.8. The summed E-state index contributed by atoms with van der Waals surface area (Å²) in [5.41, 5.74) is 1.52. The zero-order valence-corrected chi connectivity index (χ0v) is 15.6. The highest BCUT2D eigenvalue weighted by atomic mass is 16.4. The topological polar surface area (TPSA) is 108 Å². The number of nitrogens with zero attached hydrogens (tertiary/aromatic N) is 3. The molecule has 0 saturated carbocycles. The van der Waals surface area contributed by atoms with Gasteiger partial charge in [-0.3, -0.25) is 0 Å². The maximum absolute atomic E-state index is 11.1. The number of carboxylic acids is 1. The Kier molecular flexibility index (Phi) is 5.59. The molecule has 0 aliphatic carbocycles. The number of carbonyl (C=O) groups is 1. The number of aromatic hydroxyl groups is 1. The minimum Gasteiger partial charge on any atom is -0.512 e. The van der Waals surface area contributed by atoms with E-state index in [0.717, 1.165) is 0 Å². The van der Waals surface area contributed by atoms with Crippen LogP contribution in [0.25, 0.3) is 22.6 Å². The average Bonchev–Trinajstić information content (AvgIpc) is 3.13. The number of aromatic nitrogens is 3. The first-order chi connectivity index (χ1) is 13.9. The first kappa shape index (κ1) is 19.6. The second kappa shape index (κ2) is 8.26. The van der Waals surface area contributed by atoms with Gasteiger partial charge in [-0.2, -0.15) is 0 Å². The predicted octanol–water partition coefficient (Wildman–Crippen LogP) is 4.37. The van der Waals surface area contributed by atoms with Crippen molar-refractivity contribution in [3.8, 4) is 22.8 Å². The van der Waals surface area contributed by atoms with E-state index in [4.69, 9.17) is 5.11 Å². The van der Waals surface area contributed by atoms with Crippen molar-refractivity contribution >= 4 is 11.5 Å². The molecule has 0 unspecified atom stereocenters. The maximum atomic E-state index is 11.1. The molecule has 146 valence electrons. The van der Waals surface area contributed by atoms with E-state index in [1.165, 1.54) is 29.8 Å². The van der Waals surface area contributed by atoms with Crippen LogP contribution < -0.4 is 0 Å². The van der Waals surface area contributed by atoms with Crippen LogP contribution in [-0.4, -0.2) is 36.1 Å². The Balaban J connectivity index is 2.23. The van der Waals surface area contributed by atoms with Crippen LogP contribution in [0.3, 0.4) is 0 Å². The Bertz CT molecular complexity index is 1120. The van der Waals surface area contributed by atoms with Crippen molar-refractivity contribution in [3.05, 3.63) is 90.5 Å². The van der Waals surface area contributed by atoms with Crippen molar-refractivity contribution in [2.45, 2.75) is 6.92 Å². The molecule has 3 aromatic rings. The number of phenols is 1. The molecule has 3 rings (SSSR count). The quantitative estimate of drug-likeness (QED) is 0.427. The summed E-state index contributed by atoms with van der Waals surface area (Å²) in [4.78, 5) is 15.7. The lowest BCUT2D eigenvalue weighted by Crippen LogP contribution is -2.02. The Labute approximate surface area is 167 Å². The molecule has 0 fully saturated rings. The first-order valence-corrected chi connectivity index (χ1v) is 8.71. The SMILES string of the molecule is C=C/C=C\C(=C(/C)O)c1nc(-c2ccccc2O)n(-c2ccc(C(=O)O)cc2)n1. The van der Waals surface area contributed by atoms with Gasteiger partial charge in [-0.15, -0.1) is 5.10 Å². The molecule has 3 N–H and O–H groups in total. The van der Waals surface area contributed by atoms with Gasteiger partial charge in [-0.05, 0) is 49.4 Å². The van der Waals surface area contributed by atoms with Crippen molar-refractivity contribution in [2.24, 2.45) is 0 Å². The summed E-state index contributed by atoms with van der Waals surface area (Å²) in [5.74, 6) is -0.420. The van der Waals surface area contributed by atoms with E-state index in [2.05, 4.69) is 16.7 Å². The Hall–Kier alpha value is -4.13. The van der Waals surface area contributed by atoms with E-state index >= 15 is 0 Å². The molecule has 0 aliphatic heterocycles. The van der Waals surface area contributed by atoms with Gasteiger partial charge in [-0.1, -0.05) is 30.9 Å². The highest BCUT2D eigenvalue weighted by Gasteiger charge is 2.19. The van der Waals surface area contributed by atoms with Crippen LogP contribution in [0, 0.1) is 0 Å². The monoisotopic (exact) mass is 389 g/mol. The number of para-hydroxylation sites is 1. The van der Waals surface area contributed by atoms with Crippen LogP contribution in [0.1, 0.15) is 23.1 Å². The molecular weight excluding hydrogens is 370 g/mol. The van der Waals surface area contributed by atoms with Gasteiger partial charge >= 0.3 is 5.97 Å². The Morgan fingerprint density at radius 2 is 1.79 bits per heavy atom. The van der Waals surface area contributed by atoms with E-state index in [1.807, 2.05) is 0 Å². The molecule has 7 heteroatoms. The van der Waals surface area contributed by atoms with Gasteiger partial charge in [0.15, 0.2) is 11.6 Å². The van der Waals surface area contributed by atoms with Gasteiger partial charge in [0.1, 0.15) is 11.5 Å². The van der Waals surface area contributed by atoms with Crippen LogP contribution in [0.15, 0.2) is 79.1 Å². The molecule has 1 aromatic heterocycles. The number of carboxylic acid groups (broad SMARTS) is 1. The summed E-state index contributed by atoms with van der Waals surface area (Å²) in [7, 11) is 0. The van der Waals surface area contributed by atoms with Gasteiger partial charge in [-0.25, -0.2) is 14.5 Å². The molecule has 0 amide bonds. The number of phenolic OH excluding ortho intramolecular Hbond substituents is 1. The van der Waals surface area contributed by atoms with Crippen molar-refractivity contribution in [1.82, 2.24) is 14.8 Å². The zero-order chi connectivity index (χ0) is 21.0. The number of benzene rings is 2. The molecule has 0 spiro atoms. The molecule has 29 heavy (non-hydrogen) atoms. The predicted molar refractivity (Wildman–Crippen MR) is 110 cm³/mol. The Morgan fingerprint density at radius 1 is 1.10 bits per heavy atom. The standard InChI is InChI=1S/C22H19N3O4/c1-3-4-7-17(14(2)26)20-23-21(18-8-5-6-9-19(18)27)25(24-20)16-12-10-15(11-13-16)22(28)29/h3-13,26-27H,1H2,2H3,(H,28,29)/b7-4-,17-14-. The van der Waals surface area contributed by atoms with Gasteiger partial charge in [0, 0.05) is 0 Å². The van der Waals surface area contributed by atoms with Crippen LogP contribution in [-0.2, 0) is 0 Å². The summed E-state index contributed by atoms with van der Waals surface area (Å²) in [6.07, 6.45) is 4.84. The van der Waals surface area contributed by atoms with Gasteiger partial charge < -0.3 is 15.3 Å². The van der Waals surface area contributed by atoms with Crippen molar-refractivity contribution in [2.75, 3.05) is 0 Å². The average molecular weight is 389 g/mol. The van der Waals surface area contributed by atoms with Crippen molar-refractivity contribution < 1.29 is 20.1 Å². The molecule has 0 saturated heterocycles. The summed E-state index contributed by atoms with van der Waals surface area (Å²) < 4.78 is 1.49. The van der Waals surface area contributed by atoms with Crippen molar-refractivity contribution in [3.63, 3.8) is 0 Å². The summed E-state index contributed by atoms with van der Waals surface area (Å²) in [6.45, 7) is 5.14. The maximum Gasteiger partial charge on any atom is 0.335 e.